The van der Waals surface area contributed by atoms with Crippen LogP contribution in [0.2, 0.25) is 0 Å². The number of carboxylic acid groups (broad SMARTS) is 1. The number of phenols is 1. The summed E-state index contributed by atoms with van der Waals surface area (Å²) in [7, 11) is 1.90. The van der Waals surface area contributed by atoms with Crippen molar-refractivity contribution in [3.05, 3.63) is 76.7 Å². The fourth-order valence-electron chi connectivity index (χ4n) is 3.24. The van der Waals surface area contributed by atoms with E-state index >= 15 is 0 Å². The lowest BCUT2D eigenvalue weighted by molar-refractivity contribution is 0.0694. The zero-order valence-corrected chi connectivity index (χ0v) is 16.8. The fraction of sp³-hybridized carbons (Fsp3) is 0.136. The molecule has 0 aliphatic heterocycles. The molecule has 4 rings (SSSR count). The highest BCUT2D eigenvalue weighted by molar-refractivity contribution is 7.15. The van der Waals surface area contributed by atoms with Gasteiger partial charge in [0.05, 0.1) is 21.3 Å². The topological polar surface area (TPSA) is 88.2 Å². The van der Waals surface area contributed by atoms with Crippen LogP contribution in [-0.2, 0) is 13.5 Å². The number of hydrogen-bond donors (Lipinski definition) is 2. The van der Waals surface area contributed by atoms with Gasteiger partial charge < -0.3 is 10.2 Å². The summed E-state index contributed by atoms with van der Waals surface area (Å²) >= 11 is 1.64. The highest BCUT2D eigenvalue weighted by atomic mass is 32.1. The van der Waals surface area contributed by atoms with Crippen LogP contribution in [0, 0.1) is 6.92 Å². The molecule has 0 radical (unpaired) electrons. The van der Waals surface area contributed by atoms with Crippen molar-refractivity contribution in [1.82, 2.24) is 14.8 Å². The van der Waals surface area contributed by atoms with E-state index in [1.54, 1.807) is 22.1 Å². The minimum absolute atomic E-state index is 0.109. The molecule has 0 saturated heterocycles. The van der Waals surface area contributed by atoms with E-state index in [1.165, 1.54) is 12.1 Å². The Balaban J connectivity index is 1.65. The normalized spacial score (nSPS) is 11.0. The van der Waals surface area contributed by atoms with Crippen molar-refractivity contribution in [3.63, 3.8) is 0 Å². The molecule has 2 aromatic carbocycles. The van der Waals surface area contributed by atoms with Gasteiger partial charge in [0.25, 0.3) is 0 Å². The zero-order valence-electron chi connectivity index (χ0n) is 16.0. The van der Waals surface area contributed by atoms with Gasteiger partial charge in [-0.1, -0.05) is 24.3 Å². The van der Waals surface area contributed by atoms with Gasteiger partial charge in [0.15, 0.2) is 0 Å². The lowest BCUT2D eigenvalue weighted by Gasteiger charge is -2.07. The Kier molecular flexibility index (Phi) is 4.90. The van der Waals surface area contributed by atoms with E-state index in [0.717, 1.165) is 38.0 Å². The van der Waals surface area contributed by atoms with Gasteiger partial charge in [0.1, 0.15) is 11.3 Å². The molecule has 6 nitrogen and oxygen atoms in total. The standard InChI is InChI=1S/C22H19N3O3S/c1-13-21(29-20(23-13)12-17-8-9-25(2)24-17)16-5-3-4-14(10-16)15-6-7-18(22(27)28)19(26)11-15/h3-11,26H,12H2,1-2H3,(H,27,28). The van der Waals surface area contributed by atoms with Crippen molar-refractivity contribution in [2.24, 2.45) is 7.05 Å². The maximum Gasteiger partial charge on any atom is 0.339 e. The van der Waals surface area contributed by atoms with Crippen molar-refractivity contribution in [2.45, 2.75) is 13.3 Å². The molecule has 0 aliphatic rings. The van der Waals surface area contributed by atoms with Crippen molar-refractivity contribution >= 4 is 17.3 Å². The fourth-order valence-corrected chi connectivity index (χ4v) is 4.32. The summed E-state index contributed by atoms with van der Waals surface area (Å²) in [4.78, 5) is 16.9. The molecule has 146 valence electrons. The number of aromatic carboxylic acids is 1. The molecule has 29 heavy (non-hydrogen) atoms. The molecule has 2 N–H and O–H groups in total. The molecule has 0 bridgehead atoms. The van der Waals surface area contributed by atoms with Crippen LogP contribution in [0.1, 0.15) is 26.8 Å². The number of benzene rings is 2. The summed E-state index contributed by atoms with van der Waals surface area (Å²) in [6, 6.07) is 14.5. The summed E-state index contributed by atoms with van der Waals surface area (Å²) in [5.41, 5.74) is 4.52. The monoisotopic (exact) mass is 405 g/mol. The highest BCUT2D eigenvalue weighted by Crippen LogP contribution is 2.34. The molecule has 0 amide bonds. The first kappa shape index (κ1) is 18.9. The second kappa shape index (κ2) is 7.52. The second-order valence-electron chi connectivity index (χ2n) is 6.80. The van der Waals surface area contributed by atoms with Crippen molar-refractivity contribution in [2.75, 3.05) is 0 Å². The molecule has 0 fully saturated rings. The Morgan fingerprint density at radius 1 is 1.10 bits per heavy atom. The first-order valence-electron chi connectivity index (χ1n) is 9.02. The SMILES string of the molecule is Cc1nc(Cc2ccn(C)n2)sc1-c1cccc(-c2ccc(C(=O)O)c(O)c2)c1. The molecule has 0 atom stereocenters. The molecule has 0 spiro atoms. The number of aromatic nitrogens is 3. The van der Waals surface area contributed by atoms with Crippen LogP contribution in [0.25, 0.3) is 21.6 Å². The second-order valence-corrected chi connectivity index (χ2v) is 7.88. The predicted molar refractivity (Wildman–Crippen MR) is 112 cm³/mol. The van der Waals surface area contributed by atoms with Crippen molar-refractivity contribution in [1.29, 1.82) is 0 Å². The van der Waals surface area contributed by atoms with Gasteiger partial charge in [-0.05, 0) is 47.9 Å². The molecule has 2 aromatic heterocycles. The Hall–Kier alpha value is -3.45. The summed E-state index contributed by atoms with van der Waals surface area (Å²) in [6.45, 7) is 1.99. The van der Waals surface area contributed by atoms with Gasteiger partial charge in [-0.15, -0.1) is 11.3 Å². The number of hydrogen-bond acceptors (Lipinski definition) is 5. The Morgan fingerprint density at radius 3 is 2.55 bits per heavy atom. The van der Waals surface area contributed by atoms with Crippen LogP contribution >= 0.6 is 11.3 Å². The maximum atomic E-state index is 11.1. The molecule has 0 unspecified atom stereocenters. The van der Waals surface area contributed by atoms with Gasteiger partial charge in [0, 0.05) is 19.7 Å². The molecule has 4 aromatic rings. The smallest absolute Gasteiger partial charge is 0.339 e. The molecular weight excluding hydrogens is 386 g/mol. The van der Waals surface area contributed by atoms with Crippen molar-refractivity contribution in [3.8, 4) is 27.3 Å². The number of aromatic hydroxyl groups is 1. The van der Waals surface area contributed by atoms with Gasteiger partial charge in [-0.3, -0.25) is 4.68 Å². The number of thiazole rings is 1. The van der Waals surface area contributed by atoms with Crippen molar-refractivity contribution < 1.29 is 15.0 Å². The van der Waals surface area contributed by atoms with E-state index in [9.17, 15) is 9.90 Å². The van der Waals surface area contributed by atoms with Crippen LogP contribution in [-0.4, -0.2) is 30.9 Å². The van der Waals surface area contributed by atoms with Crippen LogP contribution in [0.5, 0.6) is 5.75 Å². The van der Waals surface area contributed by atoms with E-state index in [-0.39, 0.29) is 11.3 Å². The number of aryl methyl sites for hydroxylation is 2. The molecule has 0 aliphatic carbocycles. The number of carbonyl (C=O) groups is 1. The maximum absolute atomic E-state index is 11.1. The average molecular weight is 405 g/mol. The lowest BCUT2D eigenvalue weighted by Crippen LogP contribution is -1.96. The minimum Gasteiger partial charge on any atom is -0.507 e. The van der Waals surface area contributed by atoms with Gasteiger partial charge in [0.2, 0.25) is 0 Å². The van der Waals surface area contributed by atoms with E-state index in [2.05, 4.69) is 5.10 Å². The first-order valence-corrected chi connectivity index (χ1v) is 9.84. The number of nitrogens with zero attached hydrogens (tertiary/aromatic N) is 3. The Morgan fingerprint density at radius 2 is 1.86 bits per heavy atom. The third-order valence-corrected chi connectivity index (χ3v) is 5.83. The van der Waals surface area contributed by atoms with Gasteiger partial charge in [-0.2, -0.15) is 5.10 Å². The van der Waals surface area contributed by atoms with Gasteiger partial charge in [-0.25, -0.2) is 9.78 Å². The summed E-state index contributed by atoms with van der Waals surface area (Å²) in [5, 5.41) is 24.5. The largest absolute Gasteiger partial charge is 0.507 e. The van der Waals surface area contributed by atoms with E-state index in [0.29, 0.717) is 6.42 Å². The lowest BCUT2D eigenvalue weighted by atomic mass is 10.0. The summed E-state index contributed by atoms with van der Waals surface area (Å²) in [5.74, 6) is -1.39. The first-order chi connectivity index (χ1) is 13.9. The van der Waals surface area contributed by atoms with Crippen LogP contribution in [0.3, 0.4) is 0 Å². The number of rotatable bonds is 5. The third kappa shape index (κ3) is 3.90. The highest BCUT2D eigenvalue weighted by Gasteiger charge is 2.14. The predicted octanol–water partition coefficient (Wildman–Crippen LogP) is 4.51. The molecule has 7 heteroatoms. The Bertz CT molecular complexity index is 1210. The van der Waals surface area contributed by atoms with Crippen LogP contribution < -0.4 is 0 Å². The zero-order chi connectivity index (χ0) is 20.5. The summed E-state index contributed by atoms with van der Waals surface area (Å²) in [6.07, 6.45) is 2.61. The summed E-state index contributed by atoms with van der Waals surface area (Å²) < 4.78 is 1.78. The van der Waals surface area contributed by atoms with Crippen LogP contribution in [0.4, 0.5) is 0 Å². The Labute approximate surface area is 171 Å². The van der Waals surface area contributed by atoms with Gasteiger partial charge >= 0.3 is 5.97 Å². The molecular formula is C22H19N3O3S. The van der Waals surface area contributed by atoms with E-state index in [1.807, 2.05) is 50.5 Å². The number of carboxylic acids is 1. The quantitative estimate of drug-likeness (QED) is 0.510. The third-order valence-electron chi connectivity index (χ3n) is 4.63. The van der Waals surface area contributed by atoms with E-state index < -0.39 is 5.97 Å². The minimum atomic E-state index is -1.15. The van der Waals surface area contributed by atoms with Crippen LogP contribution in [0.15, 0.2) is 54.7 Å². The average Bonchev–Trinajstić information content (AvgIpc) is 3.26. The molecule has 2 heterocycles. The van der Waals surface area contributed by atoms with E-state index in [4.69, 9.17) is 10.1 Å². The molecule has 0 saturated carbocycles.